The maximum Gasteiger partial charge on any atom is 0.508 e. The van der Waals surface area contributed by atoms with Crippen LogP contribution >= 0.6 is 0 Å². The number of ether oxygens (including phenoxy) is 4. The Balaban J connectivity index is 2.03. The highest BCUT2D eigenvalue weighted by atomic mass is 16.8. The second-order valence-electron chi connectivity index (χ2n) is 2.88. The molecule has 5 nitrogen and oxygen atoms in total. The van der Waals surface area contributed by atoms with E-state index in [1.165, 1.54) is 0 Å². The van der Waals surface area contributed by atoms with Gasteiger partial charge in [-0.25, -0.2) is 4.79 Å². The zero-order chi connectivity index (χ0) is 9.68. The van der Waals surface area contributed by atoms with Crippen molar-refractivity contribution in [2.45, 2.75) is 19.1 Å². The fraction of sp³-hybridized carbons (Fsp3) is 0.875. The largest absolute Gasteiger partial charge is 0.508 e. The topological polar surface area (TPSA) is 54.0 Å². The molecular weight excluding hydrogens is 176 g/mol. The Hall–Kier alpha value is -0.810. The van der Waals surface area contributed by atoms with E-state index in [0.29, 0.717) is 13.2 Å². The van der Waals surface area contributed by atoms with E-state index in [2.05, 4.69) is 4.74 Å². The summed E-state index contributed by atoms with van der Waals surface area (Å²) in [6.07, 6.45) is -0.831. The molecule has 2 unspecified atom stereocenters. The molecule has 0 saturated carbocycles. The highest BCUT2D eigenvalue weighted by Gasteiger charge is 2.24. The van der Waals surface area contributed by atoms with Crippen LogP contribution in [0.3, 0.4) is 0 Å². The van der Waals surface area contributed by atoms with Crippen LogP contribution in [0, 0.1) is 0 Å². The van der Waals surface area contributed by atoms with E-state index >= 15 is 0 Å². The minimum Gasteiger partial charge on any atom is -0.430 e. The van der Waals surface area contributed by atoms with Gasteiger partial charge >= 0.3 is 6.16 Å². The average molecular weight is 190 g/mol. The Morgan fingerprint density at radius 1 is 1.69 bits per heavy atom. The first-order chi connectivity index (χ1) is 6.22. The van der Waals surface area contributed by atoms with Gasteiger partial charge < -0.3 is 18.9 Å². The van der Waals surface area contributed by atoms with Gasteiger partial charge in [0.15, 0.2) is 6.10 Å². The van der Waals surface area contributed by atoms with Crippen molar-refractivity contribution in [1.82, 2.24) is 0 Å². The Labute approximate surface area is 76.9 Å². The Morgan fingerprint density at radius 3 is 3.00 bits per heavy atom. The number of cyclic esters (lactones) is 2. The van der Waals surface area contributed by atoms with E-state index in [9.17, 15) is 4.79 Å². The normalized spacial score (nSPS) is 23.8. The summed E-state index contributed by atoms with van der Waals surface area (Å²) in [5.41, 5.74) is 0. The van der Waals surface area contributed by atoms with Gasteiger partial charge in [-0.15, -0.1) is 0 Å². The highest BCUT2D eigenvalue weighted by molar-refractivity contribution is 5.61. The molecule has 1 saturated heterocycles. The molecule has 1 heterocycles. The maximum atomic E-state index is 10.5. The lowest BCUT2D eigenvalue weighted by molar-refractivity contribution is -0.0102. The average Bonchev–Trinajstić information content (AvgIpc) is 2.51. The summed E-state index contributed by atoms with van der Waals surface area (Å²) in [5.74, 6) is 0. The maximum absolute atomic E-state index is 10.5. The van der Waals surface area contributed by atoms with Crippen molar-refractivity contribution in [3.8, 4) is 0 Å². The summed E-state index contributed by atoms with van der Waals surface area (Å²) in [4.78, 5) is 10.5. The summed E-state index contributed by atoms with van der Waals surface area (Å²) in [6, 6.07) is 0. The summed E-state index contributed by atoms with van der Waals surface area (Å²) in [7, 11) is 1.62. The van der Waals surface area contributed by atoms with Gasteiger partial charge in [-0.2, -0.15) is 0 Å². The molecule has 0 N–H and O–H groups in total. The van der Waals surface area contributed by atoms with Crippen LogP contribution in [0.5, 0.6) is 0 Å². The lowest BCUT2D eigenvalue weighted by Gasteiger charge is -2.11. The summed E-state index contributed by atoms with van der Waals surface area (Å²) in [6.45, 7) is 3.03. The van der Waals surface area contributed by atoms with Gasteiger partial charge in [-0.05, 0) is 6.92 Å². The van der Waals surface area contributed by atoms with E-state index in [0.717, 1.165) is 0 Å². The molecule has 13 heavy (non-hydrogen) atoms. The van der Waals surface area contributed by atoms with Crippen LogP contribution in [0.25, 0.3) is 0 Å². The zero-order valence-electron chi connectivity index (χ0n) is 7.82. The number of rotatable bonds is 5. The molecule has 0 amide bonds. The van der Waals surface area contributed by atoms with Gasteiger partial charge in [-0.3, -0.25) is 0 Å². The molecule has 1 rings (SSSR count). The first-order valence-electron chi connectivity index (χ1n) is 4.16. The lowest BCUT2D eigenvalue weighted by Crippen LogP contribution is -2.22. The van der Waals surface area contributed by atoms with Crippen LogP contribution < -0.4 is 0 Å². The lowest BCUT2D eigenvalue weighted by atomic mass is 10.4. The first-order valence-corrected chi connectivity index (χ1v) is 4.16. The predicted molar refractivity (Wildman–Crippen MR) is 43.5 cm³/mol. The van der Waals surface area contributed by atoms with Gasteiger partial charge in [0, 0.05) is 7.11 Å². The quantitative estimate of drug-likeness (QED) is 0.593. The van der Waals surface area contributed by atoms with E-state index < -0.39 is 6.16 Å². The Kier molecular flexibility index (Phi) is 3.98. The van der Waals surface area contributed by atoms with Crippen molar-refractivity contribution >= 4 is 6.16 Å². The van der Waals surface area contributed by atoms with Gasteiger partial charge in [0.05, 0.1) is 19.3 Å². The van der Waals surface area contributed by atoms with Crippen LogP contribution in [0.15, 0.2) is 0 Å². The van der Waals surface area contributed by atoms with Crippen LogP contribution in [-0.4, -0.2) is 45.3 Å². The van der Waals surface area contributed by atoms with Crippen molar-refractivity contribution in [2.24, 2.45) is 0 Å². The fourth-order valence-electron chi connectivity index (χ4n) is 0.881. The second kappa shape index (κ2) is 5.04. The molecule has 0 spiro atoms. The number of hydrogen-bond acceptors (Lipinski definition) is 5. The smallest absolute Gasteiger partial charge is 0.430 e. The molecule has 5 heteroatoms. The molecule has 1 aliphatic heterocycles. The third kappa shape index (κ3) is 3.61. The van der Waals surface area contributed by atoms with Crippen LogP contribution in [0.4, 0.5) is 4.79 Å². The molecule has 1 fully saturated rings. The molecule has 1 aliphatic rings. The van der Waals surface area contributed by atoms with Crippen molar-refractivity contribution in [3.05, 3.63) is 0 Å². The number of methoxy groups -OCH3 is 1. The van der Waals surface area contributed by atoms with Crippen molar-refractivity contribution in [1.29, 1.82) is 0 Å². The van der Waals surface area contributed by atoms with Crippen molar-refractivity contribution < 1.29 is 23.7 Å². The second-order valence-corrected chi connectivity index (χ2v) is 2.88. The minimum absolute atomic E-state index is 0.0537. The fourth-order valence-corrected chi connectivity index (χ4v) is 0.881. The first kappa shape index (κ1) is 10.3. The third-order valence-corrected chi connectivity index (χ3v) is 1.71. The molecule has 0 aromatic carbocycles. The molecule has 2 atom stereocenters. The Bertz CT molecular complexity index is 170. The molecule has 0 bridgehead atoms. The third-order valence-electron chi connectivity index (χ3n) is 1.71. The number of carbonyl (C=O) groups is 1. The summed E-state index contributed by atoms with van der Waals surface area (Å²) < 4.78 is 19.5. The van der Waals surface area contributed by atoms with Gasteiger partial charge in [0.1, 0.15) is 6.61 Å². The monoisotopic (exact) mass is 190 g/mol. The standard InChI is InChI=1S/C8H14O5/c1-6(10-2)3-11-4-7-5-12-8(9)13-7/h6-7H,3-5H2,1-2H3. The predicted octanol–water partition coefficient (Wildman–Crippen LogP) is 0.573. The number of carbonyl (C=O) groups excluding carboxylic acids is 1. The minimum atomic E-state index is -0.617. The van der Waals surface area contributed by atoms with Crippen LogP contribution in [-0.2, 0) is 18.9 Å². The summed E-state index contributed by atoms with van der Waals surface area (Å²) in [5, 5.41) is 0. The van der Waals surface area contributed by atoms with Crippen molar-refractivity contribution in [3.63, 3.8) is 0 Å². The van der Waals surface area contributed by atoms with E-state index in [4.69, 9.17) is 14.2 Å². The Morgan fingerprint density at radius 2 is 2.46 bits per heavy atom. The SMILES string of the molecule is COC(C)COCC1COC(=O)O1. The highest BCUT2D eigenvalue weighted by Crippen LogP contribution is 2.06. The molecule has 0 radical (unpaired) electrons. The number of hydrogen-bond donors (Lipinski definition) is 0. The van der Waals surface area contributed by atoms with Gasteiger partial charge in [0.25, 0.3) is 0 Å². The summed E-state index contributed by atoms with van der Waals surface area (Å²) >= 11 is 0. The van der Waals surface area contributed by atoms with Crippen LogP contribution in [0.2, 0.25) is 0 Å². The van der Waals surface area contributed by atoms with E-state index in [1.807, 2.05) is 6.92 Å². The van der Waals surface area contributed by atoms with E-state index in [-0.39, 0.29) is 18.8 Å². The molecule has 0 aliphatic carbocycles. The van der Waals surface area contributed by atoms with Crippen molar-refractivity contribution in [2.75, 3.05) is 26.9 Å². The van der Waals surface area contributed by atoms with Crippen LogP contribution in [0.1, 0.15) is 6.92 Å². The molecular formula is C8H14O5. The molecule has 0 aromatic rings. The van der Waals surface area contributed by atoms with Gasteiger partial charge in [-0.1, -0.05) is 0 Å². The van der Waals surface area contributed by atoms with Gasteiger partial charge in [0.2, 0.25) is 0 Å². The molecule has 76 valence electrons. The molecule has 0 aromatic heterocycles. The van der Waals surface area contributed by atoms with E-state index in [1.54, 1.807) is 7.11 Å². The zero-order valence-corrected chi connectivity index (χ0v) is 7.82.